The highest BCUT2D eigenvalue weighted by Crippen LogP contribution is 2.12. The number of hydrogen-bond acceptors (Lipinski definition) is 5. The van der Waals surface area contributed by atoms with Crippen LogP contribution in [-0.4, -0.2) is 42.8 Å². The highest BCUT2D eigenvalue weighted by Gasteiger charge is 2.17. The molecule has 0 radical (unpaired) electrons. The molecule has 1 aliphatic rings. The Labute approximate surface area is 89.5 Å². The lowest BCUT2D eigenvalue weighted by molar-refractivity contribution is 0.410. The molecular formula is C10H16N4O. The maximum atomic E-state index is 5.02. The Kier molecular flexibility index (Phi) is 3.01. The molecule has 0 spiro atoms. The monoisotopic (exact) mass is 208 g/mol. The van der Waals surface area contributed by atoms with Gasteiger partial charge in [0.05, 0.1) is 19.5 Å². The van der Waals surface area contributed by atoms with E-state index >= 15 is 0 Å². The van der Waals surface area contributed by atoms with Gasteiger partial charge in [0.15, 0.2) is 5.75 Å². The van der Waals surface area contributed by atoms with Crippen molar-refractivity contribution in [1.82, 2.24) is 15.3 Å². The minimum absolute atomic E-state index is 0.490. The summed E-state index contributed by atoms with van der Waals surface area (Å²) in [5.41, 5.74) is 0. The second-order valence-corrected chi connectivity index (χ2v) is 3.72. The Balaban J connectivity index is 2.07. The van der Waals surface area contributed by atoms with E-state index in [0.29, 0.717) is 11.8 Å². The first-order valence-electron chi connectivity index (χ1n) is 5.14. The minimum atomic E-state index is 0.490. The van der Waals surface area contributed by atoms with Crippen molar-refractivity contribution >= 4 is 5.95 Å². The Bertz CT molecular complexity index is 314. The zero-order valence-corrected chi connectivity index (χ0v) is 9.10. The standard InChI is InChI=1S/C10H16N4O/c1-8-7-14(4-3-11-8)10-12-5-9(15-2)6-13-10/h5-6,8,11H,3-4,7H2,1-2H3/t8-/m1/s1. The van der Waals surface area contributed by atoms with Crippen LogP contribution in [0.3, 0.4) is 0 Å². The van der Waals surface area contributed by atoms with Crippen molar-refractivity contribution in [2.24, 2.45) is 0 Å². The van der Waals surface area contributed by atoms with Crippen LogP contribution in [0.4, 0.5) is 5.95 Å². The highest BCUT2D eigenvalue weighted by atomic mass is 16.5. The highest BCUT2D eigenvalue weighted by molar-refractivity contribution is 5.32. The number of methoxy groups -OCH3 is 1. The van der Waals surface area contributed by atoms with Gasteiger partial charge < -0.3 is 15.0 Å². The maximum Gasteiger partial charge on any atom is 0.225 e. The summed E-state index contributed by atoms with van der Waals surface area (Å²) in [6.45, 7) is 5.05. The Morgan fingerprint density at radius 3 is 2.80 bits per heavy atom. The first-order valence-corrected chi connectivity index (χ1v) is 5.14. The summed E-state index contributed by atoms with van der Waals surface area (Å²) in [4.78, 5) is 10.7. The van der Waals surface area contributed by atoms with Gasteiger partial charge in [-0.1, -0.05) is 0 Å². The van der Waals surface area contributed by atoms with Gasteiger partial charge in [-0.15, -0.1) is 0 Å². The predicted molar refractivity (Wildman–Crippen MR) is 58.3 cm³/mol. The average molecular weight is 208 g/mol. The first-order chi connectivity index (χ1) is 7.29. The van der Waals surface area contributed by atoms with Crippen LogP contribution in [-0.2, 0) is 0 Å². The smallest absolute Gasteiger partial charge is 0.225 e. The van der Waals surface area contributed by atoms with Gasteiger partial charge in [-0.25, -0.2) is 9.97 Å². The fourth-order valence-corrected chi connectivity index (χ4v) is 1.69. The van der Waals surface area contributed by atoms with Gasteiger partial charge in [0, 0.05) is 25.7 Å². The Hall–Kier alpha value is -1.36. The molecule has 1 aromatic heterocycles. The Morgan fingerprint density at radius 2 is 2.20 bits per heavy atom. The molecule has 1 aromatic rings. The molecule has 15 heavy (non-hydrogen) atoms. The van der Waals surface area contributed by atoms with E-state index in [1.54, 1.807) is 19.5 Å². The van der Waals surface area contributed by atoms with Crippen molar-refractivity contribution in [2.45, 2.75) is 13.0 Å². The normalized spacial score (nSPS) is 21.5. The zero-order chi connectivity index (χ0) is 10.7. The molecule has 0 aromatic carbocycles. The number of aromatic nitrogens is 2. The van der Waals surface area contributed by atoms with Gasteiger partial charge >= 0.3 is 0 Å². The largest absolute Gasteiger partial charge is 0.494 e. The molecule has 2 heterocycles. The van der Waals surface area contributed by atoms with E-state index in [-0.39, 0.29) is 0 Å². The molecule has 82 valence electrons. The molecule has 0 amide bonds. The molecule has 2 rings (SSSR count). The van der Waals surface area contributed by atoms with Crippen LogP contribution < -0.4 is 15.0 Å². The molecule has 1 aliphatic heterocycles. The van der Waals surface area contributed by atoms with Crippen LogP contribution in [0, 0.1) is 0 Å². The van der Waals surface area contributed by atoms with E-state index in [1.165, 1.54) is 0 Å². The fraction of sp³-hybridized carbons (Fsp3) is 0.600. The summed E-state index contributed by atoms with van der Waals surface area (Å²) in [5.74, 6) is 1.48. The number of anilines is 1. The van der Waals surface area contributed by atoms with Crippen molar-refractivity contribution in [3.63, 3.8) is 0 Å². The number of piperazine rings is 1. The lowest BCUT2D eigenvalue weighted by Crippen LogP contribution is -2.49. The summed E-state index contributed by atoms with van der Waals surface area (Å²) >= 11 is 0. The summed E-state index contributed by atoms with van der Waals surface area (Å²) in [7, 11) is 1.62. The number of nitrogens with zero attached hydrogens (tertiary/aromatic N) is 3. The van der Waals surface area contributed by atoms with Gasteiger partial charge in [-0.05, 0) is 6.92 Å². The average Bonchev–Trinajstić information content (AvgIpc) is 2.29. The van der Waals surface area contributed by atoms with E-state index in [2.05, 4.69) is 27.1 Å². The first kappa shape index (κ1) is 10.2. The van der Waals surface area contributed by atoms with E-state index < -0.39 is 0 Å². The number of nitrogens with one attached hydrogen (secondary N) is 1. The second kappa shape index (κ2) is 4.44. The van der Waals surface area contributed by atoms with Gasteiger partial charge in [-0.3, -0.25) is 0 Å². The summed E-state index contributed by atoms with van der Waals surface area (Å²) < 4.78 is 5.02. The van der Waals surface area contributed by atoms with Crippen LogP contribution in [0.25, 0.3) is 0 Å². The van der Waals surface area contributed by atoms with Crippen LogP contribution in [0.1, 0.15) is 6.92 Å². The quantitative estimate of drug-likeness (QED) is 0.756. The van der Waals surface area contributed by atoms with E-state index in [9.17, 15) is 0 Å². The Morgan fingerprint density at radius 1 is 1.47 bits per heavy atom. The van der Waals surface area contributed by atoms with Crippen molar-refractivity contribution < 1.29 is 4.74 Å². The zero-order valence-electron chi connectivity index (χ0n) is 9.10. The molecule has 1 N–H and O–H groups in total. The van der Waals surface area contributed by atoms with E-state index in [1.807, 2.05) is 0 Å². The van der Waals surface area contributed by atoms with Gasteiger partial charge in [0.25, 0.3) is 0 Å². The predicted octanol–water partition coefficient (Wildman–Crippen LogP) is 0.283. The number of rotatable bonds is 2. The van der Waals surface area contributed by atoms with Crippen molar-refractivity contribution in [3.8, 4) is 5.75 Å². The molecule has 5 nitrogen and oxygen atoms in total. The SMILES string of the molecule is COc1cnc(N2CCN[C@H](C)C2)nc1. The molecule has 0 aliphatic carbocycles. The van der Waals surface area contributed by atoms with E-state index in [0.717, 1.165) is 25.6 Å². The molecule has 1 atom stereocenters. The number of hydrogen-bond donors (Lipinski definition) is 1. The molecule has 5 heteroatoms. The third-order valence-electron chi connectivity index (χ3n) is 2.50. The minimum Gasteiger partial charge on any atom is -0.494 e. The summed E-state index contributed by atoms with van der Waals surface area (Å²) in [6, 6.07) is 0.490. The van der Waals surface area contributed by atoms with Crippen LogP contribution in [0.2, 0.25) is 0 Å². The molecule has 0 saturated carbocycles. The third kappa shape index (κ3) is 2.36. The van der Waals surface area contributed by atoms with Gasteiger partial charge in [-0.2, -0.15) is 0 Å². The third-order valence-corrected chi connectivity index (χ3v) is 2.50. The van der Waals surface area contributed by atoms with Crippen LogP contribution >= 0.6 is 0 Å². The van der Waals surface area contributed by atoms with Crippen LogP contribution in [0.15, 0.2) is 12.4 Å². The van der Waals surface area contributed by atoms with Crippen molar-refractivity contribution in [2.75, 3.05) is 31.6 Å². The van der Waals surface area contributed by atoms with E-state index in [4.69, 9.17) is 4.74 Å². The molecule has 0 unspecified atom stereocenters. The molecule has 0 bridgehead atoms. The topological polar surface area (TPSA) is 50.3 Å². The van der Waals surface area contributed by atoms with Crippen LogP contribution in [0.5, 0.6) is 5.75 Å². The molecular weight excluding hydrogens is 192 g/mol. The van der Waals surface area contributed by atoms with Crippen molar-refractivity contribution in [3.05, 3.63) is 12.4 Å². The lowest BCUT2D eigenvalue weighted by atomic mass is 10.2. The lowest BCUT2D eigenvalue weighted by Gasteiger charge is -2.31. The fourth-order valence-electron chi connectivity index (χ4n) is 1.69. The van der Waals surface area contributed by atoms with Gasteiger partial charge in [0.2, 0.25) is 5.95 Å². The summed E-state index contributed by atoms with van der Waals surface area (Å²) in [5, 5.41) is 3.38. The van der Waals surface area contributed by atoms with Gasteiger partial charge in [0.1, 0.15) is 0 Å². The van der Waals surface area contributed by atoms with Crippen molar-refractivity contribution in [1.29, 1.82) is 0 Å². The second-order valence-electron chi connectivity index (χ2n) is 3.72. The number of ether oxygens (including phenoxy) is 1. The summed E-state index contributed by atoms with van der Waals surface area (Å²) in [6.07, 6.45) is 3.41. The molecule has 1 saturated heterocycles. The maximum absolute atomic E-state index is 5.02. The molecule has 1 fully saturated rings.